The third kappa shape index (κ3) is 2.97. The Morgan fingerprint density at radius 3 is 2.86 bits per heavy atom. The summed E-state index contributed by atoms with van der Waals surface area (Å²) in [6.45, 7) is 6.79. The summed E-state index contributed by atoms with van der Waals surface area (Å²) >= 11 is 0. The summed E-state index contributed by atoms with van der Waals surface area (Å²) in [6.07, 6.45) is 3.63. The van der Waals surface area contributed by atoms with Gasteiger partial charge in [-0.15, -0.1) is 12.4 Å². The van der Waals surface area contributed by atoms with Gasteiger partial charge in [-0.3, -0.25) is 0 Å². The van der Waals surface area contributed by atoms with Gasteiger partial charge in [0.25, 0.3) is 10.0 Å². The number of aryl methyl sites for hydroxylation is 2. The van der Waals surface area contributed by atoms with E-state index in [0.717, 1.165) is 31.8 Å². The molecular formula is C13H23ClN4O2S. The molecule has 21 heavy (non-hydrogen) atoms. The highest BCUT2D eigenvalue weighted by Gasteiger charge is 2.38. The molecule has 2 unspecified atom stereocenters. The molecule has 6 nitrogen and oxygen atoms in total. The second-order valence-corrected chi connectivity index (χ2v) is 7.56. The molecule has 0 aromatic carbocycles. The van der Waals surface area contributed by atoms with Crippen LogP contribution in [0, 0.1) is 12.8 Å². The monoisotopic (exact) mass is 334 g/mol. The molecule has 120 valence electrons. The van der Waals surface area contributed by atoms with E-state index in [9.17, 15) is 8.42 Å². The van der Waals surface area contributed by atoms with Crippen molar-refractivity contribution in [1.82, 2.24) is 19.2 Å². The van der Waals surface area contributed by atoms with E-state index in [0.29, 0.717) is 25.0 Å². The number of nitrogens with one attached hydrogen (secondary N) is 1. The first kappa shape index (κ1) is 16.7. The molecule has 2 saturated heterocycles. The number of aromatic nitrogens is 2. The molecule has 8 heteroatoms. The molecule has 3 rings (SSSR count). The standard InChI is InChI=1S/C13H22N4O2S.ClH/c1-3-16-9-13(15-10(16)2)20(18,19)17-7-5-12-11(8-17)4-6-14-12;/h9,11-12,14H,3-8H2,1-2H3;1H. The number of piperidine rings is 1. The lowest BCUT2D eigenvalue weighted by Gasteiger charge is -2.33. The lowest BCUT2D eigenvalue weighted by molar-refractivity contribution is 0.246. The highest BCUT2D eigenvalue weighted by atomic mass is 35.5. The molecule has 0 radical (unpaired) electrons. The first-order chi connectivity index (χ1) is 9.52. The summed E-state index contributed by atoms with van der Waals surface area (Å²) in [5.74, 6) is 1.20. The minimum absolute atomic E-state index is 0. The fourth-order valence-electron chi connectivity index (χ4n) is 3.29. The third-order valence-corrected chi connectivity index (χ3v) is 6.25. The van der Waals surface area contributed by atoms with Crippen LogP contribution in [0.1, 0.15) is 25.6 Å². The quantitative estimate of drug-likeness (QED) is 0.895. The van der Waals surface area contributed by atoms with Crippen molar-refractivity contribution in [2.75, 3.05) is 19.6 Å². The Kier molecular flexibility index (Phi) is 4.97. The maximum absolute atomic E-state index is 12.7. The van der Waals surface area contributed by atoms with Gasteiger partial charge in [0.05, 0.1) is 0 Å². The Morgan fingerprint density at radius 2 is 2.19 bits per heavy atom. The minimum Gasteiger partial charge on any atom is -0.334 e. The number of sulfonamides is 1. The van der Waals surface area contributed by atoms with Crippen molar-refractivity contribution in [3.05, 3.63) is 12.0 Å². The van der Waals surface area contributed by atoms with E-state index in [4.69, 9.17) is 0 Å². The van der Waals surface area contributed by atoms with Crippen LogP contribution < -0.4 is 5.32 Å². The Morgan fingerprint density at radius 1 is 1.43 bits per heavy atom. The number of fused-ring (bicyclic) bond motifs is 1. The van der Waals surface area contributed by atoms with Crippen LogP contribution in [-0.4, -0.2) is 48.0 Å². The highest BCUT2D eigenvalue weighted by molar-refractivity contribution is 7.89. The summed E-state index contributed by atoms with van der Waals surface area (Å²) in [7, 11) is -3.44. The molecular weight excluding hydrogens is 312 g/mol. The Balaban J connectivity index is 0.00000161. The zero-order valence-corrected chi connectivity index (χ0v) is 14.1. The lowest BCUT2D eigenvalue weighted by atomic mass is 9.95. The molecule has 0 amide bonds. The van der Waals surface area contributed by atoms with Gasteiger partial charge >= 0.3 is 0 Å². The maximum atomic E-state index is 12.7. The first-order valence-electron chi connectivity index (χ1n) is 7.29. The van der Waals surface area contributed by atoms with E-state index in [1.807, 2.05) is 18.4 Å². The number of halogens is 1. The Hall–Kier alpha value is -0.630. The van der Waals surface area contributed by atoms with Gasteiger partial charge in [0.2, 0.25) is 0 Å². The SMILES string of the molecule is CCn1cc(S(=O)(=O)N2CCC3NCCC3C2)nc1C.Cl. The molecule has 0 bridgehead atoms. The third-order valence-electron chi connectivity index (χ3n) is 4.52. The average Bonchev–Trinajstić information content (AvgIpc) is 3.03. The predicted molar refractivity (Wildman–Crippen MR) is 83.2 cm³/mol. The van der Waals surface area contributed by atoms with Crippen LogP contribution in [0.4, 0.5) is 0 Å². The van der Waals surface area contributed by atoms with E-state index in [1.54, 1.807) is 10.5 Å². The number of nitrogens with zero attached hydrogens (tertiary/aromatic N) is 3. The highest BCUT2D eigenvalue weighted by Crippen LogP contribution is 2.28. The van der Waals surface area contributed by atoms with Crippen LogP contribution in [0.15, 0.2) is 11.2 Å². The topological polar surface area (TPSA) is 67.2 Å². The molecule has 1 aromatic heterocycles. The van der Waals surface area contributed by atoms with Gasteiger partial charge in [0, 0.05) is 31.9 Å². The second kappa shape index (κ2) is 6.24. The van der Waals surface area contributed by atoms with E-state index < -0.39 is 10.0 Å². The molecule has 1 N–H and O–H groups in total. The summed E-state index contributed by atoms with van der Waals surface area (Å²) in [5.41, 5.74) is 0. The van der Waals surface area contributed by atoms with Crippen LogP contribution in [0.3, 0.4) is 0 Å². The van der Waals surface area contributed by atoms with Gasteiger partial charge in [0.1, 0.15) is 5.82 Å². The van der Waals surface area contributed by atoms with E-state index in [-0.39, 0.29) is 17.4 Å². The normalized spacial score (nSPS) is 26.4. The van der Waals surface area contributed by atoms with Gasteiger partial charge in [0.15, 0.2) is 5.03 Å². The number of hydrogen-bond acceptors (Lipinski definition) is 4. The van der Waals surface area contributed by atoms with Gasteiger partial charge in [-0.1, -0.05) is 0 Å². The first-order valence-corrected chi connectivity index (χ1v) is 8.73. The minimum atomic E-state index is -3.44. The van der Waals surface area contributed by atoms with Crippen LogP contribution in [-0.2, 0) is 16.6 Å². The van der Waals surface area contributed by atoms with Crippen molar-refractivity contribution in [2.24, 2.45) is 5.92 Å². The van der Waals surface area contributed by atoms with Crippen molar-refractivity contribution in [2.45, 2.75) is 44.3 Å². The van der Waals surface area contributed by atoms with Crippen LogP contribution in [0.2, 0.25) is 0 Å². The van der Waals surface area contributed by atoms with Gasteiger partial charge in [-0.2, -0.15) is 4.31 Å². The molecule has 2 aliphatic rings. The predicted octanol–water partition coefficient (Wildman–Crippen LogP) is 1.01. The molecule has 0 aliphatic carbocycles. The number of hydrogen-bond donors (Lipinski definition) is 1. The van der Waals surface area contributed by atoms with Crippen molar-refractivity contribution >= 4 is 22.4 Å². The van der Waals surface area contributed by atoms with Crippen LogP contribution in [0.25, 0.3) is 0 Å². The van der Waals surface area contributed by atoms with E-state index in [1.165, 1.54) is 0 Å². The van der Waals surface area contributed by atoms with E-state index in [2.05, 4.69) is 10.3 Å². The fourth-order valence-corrected chi connectivity index (χ4v) is 4.79. The van der Waals surface area contributed by atoms with Crippen molar-refractivity contribution < 1.29 is 8.42 Å². The van der Waals surface area contributed by atoms with Gasteiger partial charge in [-0.05, 0) is 39.2 Å². The lowest BCUT2D eigenvalue weighted by Crippen LogP contribution is -2.46. The summed E-state index contributed by atoms with van der Waals surface area (Å²) < 4.78 is 28.9. The Bertz CT molecular complexity index is 601. The molecule has 2 aliphatic heterocycles. The smallest absolute Gasteiger partial charge is 0.262 e. The zero-order chi connectivity index (χ0) is 14.3. The number of imidazole rings is 1. The summed E-state index contributed by atoms with van der Waals surface area (Å²) in [5, 5.41) is 3.65. The molecule has 2 atom stereocenters. The van der Waals surface area contributed by atoms with E-state index >= 15 is 0 Å². The molecule has 0 spiro atoms. The van der Waals surface area contributed by atoms with Gasteiger partial charge < -0.3 is 9.88 Å². The molecule has 0 saturated carbocycles. The maximum Gasteiger partial charge on any atom is 0.262 e. The number of rotatable bonds is 3. The molecule has 3 heterocycles. The van der Waals surface area contributed by atoms with Crippen molar-refractivity contribution in [3.63, 3.8) is 0 Å². The van der Waals surface area contributed by atoms with Crippen molar-refractivity contribution in [1.29, 1.82) is 0 Å². The molecule has 1 aromatic rings. The Labute approximate surface area is 132 Å². The summed E-state index contributed by atoms with van der Waals surface area (Å²) in [4.78, 5) is 4.23. The van der Waals surface area contributed by atoms with Crippen LogP contribution in [0.5, 0.6) is 0 Å². The second-order valence-electron chi connectivity index (χ2n) is 5.67. The fraction of sp³-hybridized carbons (Fsp3) is 0.769. The largest absolute Gasteiger partial charge is 0.334 e. The summed E-state index contributed by atoms with van der Waals surface area (Å²) in [6, 6.07) is 0.497. The zero-order valence-electron chi connectivity index (χ0n) is 12.4. The van der Waals surface area contributed by atoms with Crippen molar-refractivity contribution in [3.8, 4) is 0 Å². The average molecular weight is 335 g/mol. The molecule has 2 fully saturated rings. The van der Waals surface area contributed by atoms with Gasteiger partial charge in [-0.25, -0.2) is 13.4 Å². The van der Waals surface area contributed by atoms with Crippen LogP contribution >= 0.6 is 12.4 Å².